The van der Waals surface area contributed by atoms with Crippen LogP contribution in [-0.2, 0) is 9.59 Å². The highest BCUT2D eigenvalue weighted by molar-refractivity contribution is 7.15. The van der Waals surface area contributed by atoms with Crippen LogP contribution in [0.4, 0.5) is 5.13 Å². The van der Waals surface area contributed by atoms with Gasteiger partial charge in [0.05, 0.1) is 23.9 Å². The Morgan fingerprint density at radius 2 is 1.97 bits per heavy atom. The third-order valence-electron chi connectivity index (χ3n) is 5.58. The number of imidazole rings is 1. The number of aryl methyl sites for hydroxylation is 2. The van der Waals surface area contributed by atoms with Gasteiger partial charge in [-0.3, -0.25) is 18.9 Å². The van der Waals surface area contributed by atoms with Crippen molar-refractivity contribution in [1.29, 1.82) is 0 Å². The first-order valence-electron chi connectivity index (χ1n) is 10.7. The van der Waals surface area contributed by atoms with Gasteiger partial charge in [-0.05, 0) is 50.6 Å². The number of Topliss-reactive ketones (excluding diaryl/α,β-unsaturated/α-hetero) is 1. The standard InChI is InChI=1S/C24H21N5O4S/c1-4-33-16-9-7-8-15(12-16)20-18(22(31)23(32)29(20)24-27-26-14(3)34-24)21(30)19-13(2)25-17-10-5-6-11-28(17)19/h5-12,20,30H,4H2,1-3H3. The summed E-state index contributed by atoms with van der Waals surface area (Å²) in [7, 11) is 0. The Morgan fingerprint density at radius 1 is 1.15 bits per heavy atom. The number of anilines is 1. The summed E-state index contributed by atoms with van der Waals surface area (Å²) in [5.74, 6) is -1.30. The summed E-state index contributed by atoms with van der Waals surface area (Å²) in [6, 6.07) is 11.6. The monoisotopic (exact) mass is 475 g/mol. The Morgan fingerprint density at radius 3 is 2.71 bits per heavy atom. The van der Waals surface area contributed by atoms with Crippen molar-refractivity contribution in [2.75, 3.05) is 11.5 Å². The molecule has 4 aromatic rings. The number of fused-ring (bicyclic) bond motifs is 1. The van der Waals surface area contributed by atoms with Gasteiger partial charge in [0.15, 0.2) is 5.76 Å². The molecule has 1 N–H and O–H groups in total. The molecule has 0 aliphatic carbocycles. The number of carbonyl (C=O) groups excluding carboxylic acids is 2. The van der Waals surface area contributed by atoms with Crippen LogP contribution >= 0.6 is 11.3 Å². The number of hydrogen-bond donors (Lipinski definition) is 1. The van der Waals surface area contributed by atoms with Crippen LogP contribution in [0, 0.1) is 13.8 Å². The number of nitrogens with zero attached hydrogens (tertiary/aromatic N) is 5. The number of pyridine rings is 1. The number of benzene rings is 1. The van der Waals surface area contributed by atoms with E-state index in [1.54, 1.807) is 60.8 Å². The van der Waals surface area contributed by atoms with E-state index in [1.165, 1.54) is 16.2 Å². The van der Waals surface area contributed by atoms with E-state index in [1.807, 2.05) is 13.0 Å². The van der Waals surface area contributed by atoms with Gasteiger partial charge in [0, 0.05) is 6.20 Å². The normalized spacial score (nSPS) is 17.6. The maximum Gasteiger partial charge on any atom is 0.301 e. The summed E-state index contributed by atoms with van der Waals surface area (Å²) in [4.78, 5) is 32.4. The molecule has 0 spiro atoms. The van der Waals surface area contributed by atoms with Gasteiger partial charge in [-0.1, -0.05) is 29.5 Å². The number of ether oxygens (including phenoxy) is 1. The quantitative estimate of drug-likeness (QED) is 0.265. The largest absolute Gasteiger partial charge is 0.505 e. The number of carbonyl (C=O) groups is 2. The van der Waals surface area contributed by atoms with Crippen LogP contribution in [0.25, 0.3) is 11.4 Å². The van der Waals surface area contributed by atoms with Gasteiger partial charge in [0.25, 0.3) is 5.78 Å². The second-order valence-corrected chi connectivity index (χ2v) is 8.91. The number of hydrogen-bond acceptors (Lipinski definition) is 8. The molecular formula is C24H21N5O4S. The van der Waals surface area contributed by atoms with Crippen molar-refractivity contribution in [2.24, 2.45) is 0 Å². The molecule has 0 radical (unpaired) electrons. The fourth-order valence-corrected chi connectivity index (χ4v) is 4.91. The Labute approximate surface area is 199 Å². The molecule has 5 rings (SSSR count). The molecule has 1 saturated heterocycles. The zero-order valence-corrected chi connectivity index (χ0v) is 19.5. The van der Waals surface area contributed by atoms with Crippen LogP contribution in [0.2, 0.25) is 0 Å². The molecule has 1 aliphatic heterocycles. The summed E-state index contributed by atoms with van der Waals surface area (Å²) in [5, 5.41) is 20.6. The number of aromatic nitrogens is 4. The van der Waals surface area contributed by atoms with Crippen LogP contribution in [0.1, 0.15) is 34.9 Å². The van der Waals surface area contributed by atoms with Crippen molar-refractivity contribution >= 4 is 39.6 Å². The smallest absolute Gasteiger partial charge is 0.301 e. The molecule has 0 saturated carbocycles. The fourth-order valence-electron chi connectivity index (χ4n) is 4.20. The number of aliphatic hydroxyl groups is 1. The molecule has 1 atom stereocenters. The van der Waals surface area contributed by atoms with Crippen LogP contribution in [-0.4, -0.2) is 43.0 Å². The second kappa shape index (κ2) is 8.38. The number of amides is 1. The lowest BCUT2D eigenvalue weighted by Gasteiger charge is -2.23. The first-order chi connectivity index (χ1) is 16.4. The minimum Gasteiger partial charge on any atom is -0.505 e. The highest BCUT2D eigenvalue weighted by Crippen LogP contribution is 2.43. The molecule has 172 valence electrons. The maximum atomic E-state index is 13.4. The molecule has 1 unspecified atom stereocenters. The van der Waals surface area contributed by atoms with Gasteiger partial charge >= 0.3 is 5.91 Å². The van der Waals surface area contributed by atoms with E-state index in [9.17, 15) is 14.7 Å². The summed E-state index contributed by atoms with van der Waals surface area (Å²) in [5.41, 5.74) is 2.06. The zero-order valence-electron chi connectivity index (χ0n) is 18.7. The van der Waals surface area contributed by atoms with Crippen molar-refractivity contribution < 1.29 is 19.4 Å². The molecule has 9 nitrogen and oxygen atoms in total. The van der Waals surface area contributed by atoms with Crippen molar-refractivity contribution in [3.63, 3.8) is 0 Å². The number of aliphatic hydroxyl groups excluding tert-OH is 1. The topological polar surface area (TPSA) is 110 Å². The lowest BCUT2D eigenvalue weighted by molar-refractivity contribution is -0.132. The average molecular weight is 476 g/mol. The third-order valence-corrected chi connectivity index (χ3v) is 6.42. The zero-order chi connectivity index (χ0) is 24.0. The number of ketones is 1. The summed E-state index contributed by atoms with van der Waals surface area (Å²) < 4.78 is 7.34. The highest BCUT2D eigenvalue weighted by Gasteiger charge is 2.48. The van der Waals surface area contributed by atoms with E-state index in [0.717, 1.165) is 0 Å². The van der Waals surface area contributed by atoms with Gasteiger partial charge in [-0.15, -0.1) is 10.2 Å². The van der Waals surface area contributed by atoms with E-state index in [2.05, 4.69) is 15.2 Å². The predicted molar refractivity (Wildman–Crippen MR) is 127 cm³/mol. The Balaban J connectivity index is 1.77. The van der Waals surface area contributed by atoms with Gasteiger partial charge in [-0.2, -0.15) is 0 Å². The molecular weight excluding hydrogens is 454 g/mol. The van der Waals surface area contributed by atoms with Gasteiger partial charge in [-0.25, -0.2) is 4.98 Å². The molecule has 34 heavy (non-hydrogen) atoms. The van der Waals surface area contributed by atoms with E-state index in [-0.39, 0.29) is 16.5 Å². The van der Waals surface area contributed by atoms with Crippen molar-refractivity contribution in [2.45, 2.75) is 26.8 Å². The molecule has 1 aliphatic rings. The number of rotatable bonds is 5. The predicted octanol–water partition coefficient (Wildman–Crippen LogP) is 3.83. The van der Waals surface area contributed by atoms with E-state index in [4.69, 9.17) is 4.74 Å². The summed E-state index contributed by atoms with van der Waals surface area (Å²) in [6.45, 7) is 5.84. The first-order valence-corrected chi connectivity index (χ1v) is 11.5. The molecule has 1 aromatic carbocycles. The van der Waals surface area contributed by atoms with Crippen LogP contribution in [0.3, 0.4) is 0 Å². The fraction of sp³-hybridized carbons (Fsp3) is 0.208. The van der Waals surface area contributed by atoms with E-state index in [0.29, 0.717) is 40.0 Å². The van der Waals surface area contributed by atoms with E-state index >= 15 is 0 Å². The minimum atomic E-state index is -0.915. The molecule has 1 fully saturated rings. The molecule has 0 bridgehead atoms. The van der Waals surface area contributed by atoms with E-state index < -0.39 is 17.7 Å². The first kappa shape index (κ1) is 21.8. The Bertz CT molecular complexity index is 1470. The summed E-state index contributed by atoms with van der Waals surface area (Å²) in [6.07, 6.45) is 1.75. The van der Waals surface area contributed by atoms with Gasteiger partial charge in [0.2, 0.25) is 5.13 Å². The van der Waals surface area contributed by atoms with Crippen LogP contribution in [0.5, 0.6) is 5.75 Å². The van der Waals surface area contributed by atoms with Crippen LogP contribution in [0.15, 0.2) is 54.2 Å². The van der Waals surface area contributed by atoms with Crippen molar-refractivity contribution in [3.05, 3.63) is 76.2 Å². The molecule has 1 amide bonds. The Hall–Kier alpha value is -4.05. The Kier molecular flexibility index (Phi) is 5.37. The maximum absolute atomic E-state index is 13.4. The van der Waals surface area contributed by atoms with Gasteiger partial charge < -0.3 is 9.84 Å². The average Bonchev–Trinajstić information content (AvgIpc) is 3.47. The molecule has 3 aromatic heterocycles. The van der Waals surface area contributed by atoms with Gasteiger partial charge in [0.1, 0.15) is 22.1 Å². The van der Waals surface area contributed by atoms with Crippen LogP contribution < -0.4 is 9.64 Å². The minimum absolute atomic E-state index is 0.0414. The molecule has 4 heterocycles. The van der Waals surface area contributed by atoms with Crippen molar-refractivity contribution in [1.82, 2.24) is 19.6 Å². The summed E-state index contributed by atoms with van der Waals surface area (Å²) >= 11 is 1.20. The second-order valence-electron chi connectivity index (χ2n) is 7.75. The lowest BCUT2D eigenvalue weighted by atomic mass is 9.96. The van der Waals surface area contributed by atoms with Crippen molar-refractivity contribution in [3.8, 4) is 5.75 Å². The third kappa shape index (κ3) is 3.43. The SMILES string of the molecule is CCOc1cccc(C2C(=C(O)c3c(C)nc4ccccn34)C(=O)C(=O)N2c2nnc(C)s2)c1. The highest BCUT2D eigenvalue weighted by atomic mass is 32.1. The lowest BCUT2D eigenvalue weighted by Crippen LogP contribution is -2.29. The molecule has 10 heteroatoms.